The Hall–Kier alpha value is -1.70. The van der Waals surface area contributed by atoms with E-state index in [1.807, 2.05) is 0 Å². The summed E-state index contributed by atoms with van der Waals surface area (Å²) in [5.41, 5.74) is 3.96. The predicted octanol–water partition coefficient (Wildman–Crippen LogP) is 0.153. The fraction of sp³-hybridized carbons (Fsp3) is 0.500. The third-order valence-electron chi connectivity index (χ3n) is 1.09. The Balaban J connectivity index is 4.82. The maximum atomic E-state index is 10.6. The summed E-state index contributed by atoms with van der Waals surface area (Å²) in [6.45, 7) is 5.33. The number of nitrogens with zero attached hydrogens (tertiary/aromatic N) is 1. The van der Waals surface area contributed by atoms with Crippen molar-refractivity contribution in [2.75, 3.05) is 0 Å². The van der Waals surface area contributed by atoms with Crippen molar-refractivity contribution in [3.63, 3.8) is 0 Å². The second-order valence-corrected chi connectivity index (χ2v) is 3.57. The van der Waals surface area contributed by atoms with Crippen LogP contribution in [0.3, 0.4) is 0 Å². The molecule has 0 aliphatic carbocycles. The number of rotatable bonds is 2. The molecule has 0 heterocycles. The molecule has 0 aromatic rings. The molecule has 1 amide bonds. The van der Waals surface area contributed by atoms with Gasteiger partial charge in [-0.05, 0) is 20.8 Å². The van der Waals surface area contributed by atoms with Crippen LogP contribution in [0.1, 0.15) is 20.8 Å². The number of nitrogens with two attached hydrogens (primary N) is 1. The molecule has 13 heavy (non-hydrogen) atoms. The predicted molar refractivity (Wildman–Crippen MR) is 47.4 cm³/mol. The van der Waals surface area contributed by atoms with Crippen molar-refractivity contribution in [2.45, 2.75) is 26.3 Å². The van der Waals surface area contributed by atoms with Gasteiger partial charge < -0.3 is 16.2 Å². The number of hydrogen-bond acceptors (Lipinski definition) is 4. The van der Waals surface area contributed by atoms with Crippen LogP contribution in [0.4, 0.5) is 0 Å². The van der Waals surface area contributed by atoms with Gasteiger partial charge >= 0.3 is 0 Å². The van der Waals surface area contributed by atoms with Gasteiger partial charge in [0.2, 0.25) is 5.88 Å². The van der Waals surface area contributed by atoms with Crippen LogP contribution in [0.15, 0.2) is 11.5 Å². The number of carbonyl (C=O) groups is 1. The van der Waals surface area contributed by atoms with Crippen LogP contribution in [0.2, 0.25) is 0 Å². The minimum Gasteiger partial charge on any atom is -0.494 e. The van der Waals surface area contributed by atoms with E-state index in [1.165, 1.54) is 6.07 Å². The molecule has 0 aliphatic heterocycles. The van der Waals surface area contributed by atoms with Crippen molar-refractivity contribution < 1.29 is 9.90 Å². The lowest BCUT2D eigenvalue weighted by Crippen LogP contribution is -2.36. The Kier molecular flexibility index (Phi) is 3.31. The molecule has 0 aromatic heterocycles. The summed E-state index contributed by atoms with van der Waals surface area (Å²) in [6.07, 6.45) is 0. The van der Waals surface area contributed by atoms with E-state index in [9.17, 15) is 9.90 Å². The summed E-state index contributed by atoms with van der Waals surface area (Å²) in [5, 5.41) is 20.3. The van der Waals surface area contributed by atoms with Gasteiger partial charge in [-0.15, -0.1) is 0 Å². The SMILES string of the molecule is CC(C)(C)N/C(O)=C(/C#N)C(N)=O. The van der Waals surface area contributed by atoms with Crippen molar-refractivity contribution in [2.24, 2.45) is 5.73 Å². The average Bonchev–Trinajstić information content (AvgIpc) is 1.82. The zero-order valence-corrected chi connectivity index (χ0v) is 7.88. The summed E-state index contributed by atoms with van der Waals surface area (Å²) in [6, 6.07) is 1.52. The fourth-order valence-electron chi connectivity index (χ4n) is 0.642. The summed E-state index contributed by atoms with van der Waals surface area (Å²) >= 11 is 0. The molecule has 5 heteroatoms. The van der Waals surface area contributed by atoms with E-state index >= 15 is 0 Å². The Bertz CT molecular complexity index is 281. The van der Waals surface area contributed by atoms with Crippen LogP contribution in [0, 0.1) is 11.3 Å². The van der Waals surface area contributed by atoms with E-state index < -0.39 is 22.9 Å². The first-order chi connectivity index (χ1) is 5.78. The quantitative estimate of drug-likeness (QED) is 0.322. The molecule has 72 valence electrons. The number of nitriles is 1. The molecular weight excluding hydrogens is 170 g/mol. The van der Waals surface area contributed by atoms with Gasteiger partial charge in [-0.25, -0.2) is 0 Å². The first kappa shape index (κ1) is 11.3. The molecule has 0 fully saturated rings. The number of nitrogens with one attached hydrogen (secondary N) is 1. The standard InChI is InChI=1S/C8H13N3O2/c1-8(2,3)11-7(13)5(4-9)6(10)12/h11,13H,1-3H3,(H2,10,12)/b7-5+. The smallest absolute Gasteiger partial charge is 0.264 e. The molecule has 0 aromatic carbocycles. The van der Waals surface area contributed by atoms with Crippen LogP contribution in [-0.2, 0) is 4.79 Å². The topological polar surface area (TPSA) is 99.1 Å². The van der Waals surface area contributed by atoms with Crippen molar-refractivity contribution in [1.82, 2.24) is 5.32 Å². The third kappa shape index (κ3) is 4.01. The normalized spacial score (nSPS) is 12.8. The van der Waals surface area contributed by atoms with Crippen LogP contribution in [0.5, 0.6) is 0 Å². The number of hydrogen-bond donors (Lipinski definition) is 3. The molecule has 0 bridgehead atoms. The highest BCUT2D eigenvalue weighted by atomic mass is 16.3. The first-order valence-electron chi connectivity index (χ1n) is 3.69. The first-order valence-corrected chi connectivity index (χ1v) is 3.69. The lowest BCUT2D eigenvalue weighted by molar-refractivity contribution is -0.114. The number of aliphatic hydroxyl groups excluding tert-OH is 1. The van der Waals surface area contributed by atoms with Gasteiger partial charge in [0, 0.05) is 5.54 Å². The van der Waals surface area contributed by atoms with Crippen LogP contribution in [0.25, 0.3) is 0 Å². The second-order valence-electron chi connectivity index (χ2n) is 3.57. The van der Waals surface area contributed by atoms with Gasteiger partial charge in [-0.1, -0.05) is 0 Å². The lowest BCUT2D eigenvalue weighted by atomic mass is 10.1. The molecule has 0 aliphatic rings. The van der Waals surface area contributed by atoms with E-state index in [-0.39, 0.29) is 0 Å². The van der Waals surface area contributed by atoms with Crippen molar-refractivity contribution in [3.8, 4) is 6.07 Å². The molecule has 0 radical (unpaired) electrons. The largest absolute Gasteiger partial charge is 0.494 e. The van der Waals surface area contributed by atoms with Crippen molar-refractivity contribution >= 4 is 5.91 Å². The Morgan fingerprint density at radius 1 is 1.54 bits per heavy atom. The molecular formula is C8H13N3O2. The highest BCUT2D eigenvalue weighted by molar-refractivity contribution is 5.96. The number of amides is 1. The Morgan fingerprint density at radius 3 is 2.23 bits per heavy atom. The van der Waals surface area contributed by atoms with E-state index in [0.29, 0.717) is 0 Å². The highest BCUT2D eigenvalue weighted by Gasteiger charge is 2.16. The van der Waals surface area contributed by atoms with Gasteiger partial charge in [0.15, 0.2) is 5.57 Å². The van der Waals surface area contributed by atoms with Crippen LogP contribution >= 0.6 is 0 Å². The van der Waals surface area contributed by atoms with E-state index in [0.717, 1.165) is 0 Å². The zero-order valence-electron chi connectivity index (χ0n) is 7.88. The molecule has 0 saturated heterocycles. The highest BCUT2D eigenvalue weighted by Crippen LogP contribution is 2.04. The number of aliphatic hydroxyl groups is 1. The maximum absolute atomic E-state index is 10.6. The lowest BCUT2D eigenvalue weighted by Gasteiger charge is -2.21. The van der Waals surface area contributed by atoms with Crippen LogP contribution in [-0.4, -0.2) is 16.6 Å². The second kappa shape index (κ2) is 3.81. The molecule has 0 atom stereocenters. The van der Waals surface area contributed by atoms with E-state index in [2.05, 4.69) is 5.32 Å². The molecule has 0 unspecified atom stereocenters. The summed E-state index contributed by atoms with van der Waals surface area (Å²) in [7, 11) is 0. The van der Waals surface area contributed by atoms with Crippen LogP contribution < -0.4 is 11.1 Å². The van der Waals surface area contributed by atoms with Crippen molar-refractivity contribution in [3.05, 3.63) is 11.5 Å². The minimum absolute atomic E-state index is 0.429. The summed E-state index contributed by atoms with van der Waals surface area (Å²) in [4.78, 5) is 10.6. The van der Waals surface area contributed by atoms with Gasteiger partial charge in [-0.2, -0.15) is 5.26 Å². The fourth-order valence-corrected chi connectivity index (χ4v) is 0.642. The third-order valence-corrected chi connectivity index (χ3v) is 1.09. The minimum atomic E-state index is -0.947. The molecule has 4 N–H and O–H groups in total. The monoisotopic (exact) mass is 183 g/mol. The van der Waals surface area contributed by atoms with E-state index in [1.54, 1.807) is 20.8 Å². The molecule has 0 saturated carbocycles. The number of primary amides is 1. The zero-order chi connectivity index (χ0) is 10.6. The number of carbonyl (C=O) groups excluding carboxylic acids is 1. The summed E-state index contributed by atoms with van der Waals surface area (Å²) in [5.74, 6) is -1.43. The van der Waals surface area contributed by atoms with Crippen molar-refractivity contribution in [1.29, 1.82) is 5.26 Å². The van der Waals surface area contributed by atoms with Gasteiger partial charge in [0.25, 0.3) is 5.91 Å². The average molecular weight is 183 g/mol. The van der Waals surface area contributed by atoms with Gasteiger partial charge in [0.1, 0.15) is 6.07 Å². The maximum Gasteiger partial charge on any atom is 0.264 e. The Labute approximate surface area is 76.8 Å². The van der Waals surface area contributed by atoms with Gasteiger partial charge in [0.05, 0.1) is 0 Å². The van der Waals surface area contributed by atoms with E-state index in [4.69, 9.17) is 11.0 Å². The summed E-state index contributed by atoms with van der Waals surface area (Å²) < 4.78 is 0. The Morgan fingerprint density at radius 2 is 2.00 bits per heavy atom. The molecule has 0 spiro atoms. The molecule has 0 rings (SSSR count). The van der Waals surface area contributed by atoms with Gasteiger partial charge in [-0.3, -0.25) is 4.79 Å². The molecule has 5 nitrogen and oxygen atoms in total.